The van der Waals surface area contributed by atoms with E-state index in [0.29, 0.717) is 15.4 Å². The summed E-state index contributed by atoms with van der Waals surface area (Å²) >= 11 is 7.56. The van der Waals surface area contributed by atoms with E-state index in [-0.39, 0.29) is 29.8 Å². The number of nitrogens with zero attached hydrogens (tertiary/aromatic N) is 5. The highest BCUT2D eigenvalue weighted by Gasteiger charge is 2.19. The second-order valence-electron chi connectivity index (χ2n) is 7.15. The van der Waals surface area contributed by atoms with Crippen LogP contribution in [0.2, 0.25) is 4.34 Å². The van der Waals surface area contributed by atoms with Crippen molar-refractivity contribution in [3.05, 3.63) is 68.6 Å². The van der Waals surface area contributed by atoms with Crippen LogP contribution in [0.25, 0.3) is 27.2 Å². The Morgan fingerprint density at radius 3 is 2.80 bits per heavy atom. The smallest absolute Gasteiger partial charge is 0.291 e. The Morgan fingerprint density at radius 2 is 2.03 bits per heavy atom. The normalized spacial score (nSPS) is 11.9. The summed E-state index contributed by atoms with van der Waals surface area (Å²) in [6.07, 6.45) is 0. The minimum Gasteiger partial charge on any atom is -0.419 e. The molecule has 10 heteroatoms. The van der Waals surface area contributed by atoms with Crippen LogP contribution in [-0.2, 0) is 6.54 Å². The predicted octanol–water partition coefficient (Wildman–Crippen LogP) is 4.72. The topological polar surface area (TPSA) is 78.2 Å². The van der Waals surface area contributed by atoms with E-state index in [1.165, 1.54) is 28.2 Å². The summed E-state index contributed by atoms with van der Waals surface area (Å²) in [5.74, 6) is 0.767. The minimum absolute atomic E-state index is 0.0109. The Kier molecular flexibility index (Phi) is 4.44. The van der Waals surface area contributed by atoms with E-state index in [9.17, 15) is 9.18 Å². The molecule has 0 N–H and O–H groups in total. The largest absolute Gasteiger partial charge is 0.419 e. The van der Waals surface area contributed by atoms with E-state index in [0.717, 1.165) is 16.0 Å². The first-order valence-corrected chi connectivity index (χ1v) is 10.4. The van der Waals surface area contributed by atoms with Crippen molar-refractivity contribution < 1.29 is 8.81 Å². The first kappa shape index (κ1) is 19.0. The maximum atomic E-state index is 13.5. The zero-order valence-corrected chi connectivity index (χ0v) is 17.5. The number of halogens is 2. The van der Waals surface area contributed by atoms with E-state index in [2.05, 4.69) is 15.3 Å². The van der Waals surface area contributed by atoms with Gasteiger partial charge in [0.2, 0.25) is 11.8 Å². The monoisotopic (exact) mass is 443 g/mol. The second kappa shape index (κ2) is 7.03. The number of hydrogen-bond donors (Lipinski definition) is 0. The van der Waals surface area contributed by atoms with Crippen LogP contribution in [-0.4, -0.2) is 24.4 Å². The molecule has 0 bridgehead atoms. The molecule has 0 spiro atoms. The molecule has 5 aromatic rings. The third kappa shape index (κ3) is 3.10. The zero-order chi connectivity index (χ0) is 21.0. The summed E-state index contributed by atoms with van der Waals surface area (Å²) in [6, 6.07) is 9.55. The Morgan fingerprint density at radius 1 is 1.20 bits per heavy atom. The molecule has 4 aromatic heterocycles. The molecule has 30 heavy (non-hydrogen) atoms. The fourth-order valence-corrected chi connectivity index (χ4v) is 4.54. The van der Waals surface area contributed by atoms with E-state index in [4.69, 9.17) is 16.0 Å². The van der Waals surface area contributed by atoms with Crippen molar-refractivity contribution in [1.82, 2.24) is 24.4 Å². The van der Waals surface area contributed by atoms with Gasteiger partial charge in [-0.15, -0.1) is 21.5 Å². The molecule has 5 rings (SSSR count). The van der Waals surface area contributed by atoms with Gasteiger partial charge < -0.3 is 4.42 Å². The van der Waals surface area contributed by atoms with Crippen LogP contribution in [0.1, 0.15) is 31.5 Å². The molecule has 7 nitrogen and oxygen atoms in total. The zero-order valence-electron chi connectivity index (χ0n) is 16.0. The molecule has 0 saturated carbocycles. The molecule has 0 aliphatic rings. The molecule has 152 valence electrons. The van der Waals surface area contributed by atoms with Crippen molar-refractivity contribution in [3.63, 3.8) is 0 Å². The van der Waals surface area contributed by atoms with Crippen LogP contribution in [0.3, 0.4) is 0 Å². The third-order valence-electron chi connectivity index (χ3n) is 4.71. The Labute approximate surface area is 178 Å². The lowest BCUT2D eigenvalue weighted by Crippen LogP contribution is -2.28. The quantitative estimate of drug-likeness (QED) is 0.401. The molecule has 0 amide bonds. The van der Waals surface area contributed by atoms with Crippen molar-refractivity contribution in [1.29, 1.82) is 0 Å². The molecule has 0 unspecified atom stereocenters. The van der Waals surface area contributed by atoms with E-state index < -0.39 is 5.82 Å². The summed E-state index contributed by atoms with van der Waals surface area (Å²) in [4.78, 5) is 13.1. The molecular formula is C20H15ClFN5O2S. The molecule has 0 aliphatic carbocycles. The summed E-state index contributed by atoms with van der Waals surface area (Å²) < 4.78 is 23.9. The summed E-state index contributed by atoms with van der Waals surface area (Å²) in [7, 11) is 0. The first-order chi connectivity index (χ1) is 14.4. The van der Waals surface area contributed by atoms with Gasteiger partial charge in [-0.25, -0.2) is 9.07 Å². The number of thiophene rings is 1. The van der Waals surface area contributed by atoms with Crippen LogP contribution < -0.4 is 5.56 Å². The fraction of sp³-hybridized carbons (Fsp3) is 0.200. The molecule has 1 aromatic carbocycles. The number of aromatic nitrogens is 5. The standard InChI is InChI=1S/C20H15ClFN5O2S/c1-10(2)18-25-26(20(28)14-7-15-13(27(14)18)8-16(21)30-15)9-17-23-24-19(29-17)11-4-3-5-12(22)6-11/h3-8,10H,9H2,1-2H3. The minimum atomic E-state index is -0.398. The van der Waals surface area contributed by atoms with Gasteiger partial charge in [0.15, 0.2) is 0 Å². The van der Waals surface area contributed by atoms with Gasteiger partial charge in [-0.05, 0) is 30.3 Å². The van der Waals surface area contributed by atoms with Crippen LogP contribution in [0.15, 0.2) is 45.6 Å². The van der Waals surface area contributed by atoms with Crippen molar-refractivity contribution in [2.24, 2.45) is 0 Å². The second-order valence-corrected chi connectivity index (χ2v) is 8.87. The molecule has 0 radical (unpaired) electrons. The van der Waals surface area contributed by atoms with Crippen LogP contribution >= 0.6 is 22.9 Å². The van der Waals surface area contributed by atoms with Gasteiger partial charge in [-0.3, -0.25) is 9.20 Å². The number of fused-ring (bicyclic) bond motifs is 3. The SMILES string of the molecule is CC(C)c1nn(Cc2nnc(-c3cccc(F)c3)o2)c(=O)c2cc3sc(Cl)cc3n12. The van der Waals surface area contributed by atoms with E-state index in [1.807, 2.05) is 30.4 Å². The summed E-state index contributed by atoms with van der Waals surface area (Å²) in [6.45, 7) is 4.02. The number of hydrogen-bond acceptors (Lipinski definition) is 6. The van der Waals surface area contributed by atoms with Crippen molar-refractivity contribution in [3.8, 4) is 11.5 Å². The van der Waals surface area contributed by atoms with Gasteiger partial charge in [0.25, 0.3) is 5.56 Å². The Balaban J connectivity index is 1.60. The summed E-state index contributed by atoms with van der Waals surface area (Å²) in [5, 5.41) is 12.5. The van der Waals surface area contributed by atoms with Crippen LogP contribution in [0.5, 0.6) is 0 Å². The summed E-state index contributed by atoms with van der Waals surface area (Å²) in [5.41, 5.74) is 1.57. The van der Waals surface area contributed by atoms with Gasteiger partial charge in [-0.1, -0.05) is 31.5 Å². The molecule has 0 fully saturated rings. The fourth-order valence-electron chi connectivity index (χ4n) is 3.38. The lowest BCUT2D eigenvalue weighted by Gasteiger charge is -2.12. The first-order valence-electron chi connectivity index (χ1n) is 9.20. The molecular weight excluding hydrogens is 429 g/mol. The highest BCUT2D eigenvalue weighted by Crippen LogP contribution is 2.32. The molecule has 0 aliphatic heterocycles. The van der Waals surface area contributed by atoms with Gasteiger partial charge in [0.05, 0.1) is 14.6 Å². The van der Waals surface area contributed by atoms with E-state index in [1.54, 1.807) is 12.1 Å². The highest BCUT2D eigenvalue weighted by molar-refractivity contribution is 7.22. The number of rotatable bonds is 4. The third-order valence-corrected chi connectivity index (χ3v) is 5.91. The Hall–Kier alpha value is -3.04. The molecule has 0 atom stereocenters. The predicted molar refractivity (Wildman–Crippen MR) is 113 cm³/mol. The average molecular weight is 444 g/mol. The van der Waals surface area contributed by atoms with Gasteiger partial charge in [0.1, 0.15) is 23.7 Å². The molecule has 4 heterocycles. The van der Waals surface area contributed by atoms with Crippen LogP contribution in [0.4, 0.5) is 4.39 Å². The van der Waals surface area contributed by atoms with Gasteiger partial charge in [0, 0.05) is 11.5 Å². The lowest BCUT2D eigenvalue weighted by molar-refractivity contribution is 0.457. The maximum absolute atomic E-state index is 13.5. The van der Waals surface area contributed by atoms with E-state index >= 15 is 0 Å². The van der Waals surface area contributed by atoms with Crippen molar-refractivity contribution >= 4 is 38.7 Å². The van der Waals surface area contributed by atoms with Crippen LogP contribution in [0, 0.1) is 5.82 Å². The molecule has 0 saturated heterocycles. The lowest BCUT2D eigenvalue weighted by atomic mass is 10.2. The van der Waals surface area contributed by atoms with Crippen molar-refractivity contribution in [2.75, 3.05) is 0 Å². The number of benzene rings is 1. The average Bonchev–Trinajstić information content (AvgIpc) is 3.38. The van der Waals surface area contributed by atoms with Crippen molar-refractivity contribution in [2.45, 2.75) is 26.3 Å². The highest BCUT2D eigenvalue weighted by atomic mass is 35.5. The maximum Gasteiger partial charge on any atom is 0.291 e. The Bertz CT molecular complexity index is 1470. The van der Waals surface area contributed by atoms with Gasteiger partial charge >= 0.3 is 0 Å². The van der Waals surface area contributed by atoms with Gasteiger partial charge in [-0.2, -0.15) is 5.10 Å².